The summed E-state index contributed by atoms with van der Waals surface area (Å²) in [6.07, 6.45) is -0.834. The number of rotatable bonds is 7. The normalized spacial score (nSPS) is 17.2. The third-order valence-electron chi connectivity index (χ3n) is 3.30. The molecule has 9 heteroatoms. The highest BCUT2D eigenvalue weighted by atomic mass is 19.3. The molecule has 1 saturated heterocycles. The van der Waals surface area contributed by atoms with E-state index in [1.54, 1.807) is 6.07 Å². The molecular weight excluding hydrogens is 326 g/mol. The Hall–Kier alpha value is -2.71. The summed E-state index contributed by atoms with van der Waals surface area (Å²) >= 11 is 0. The van der Waals surface area contributed by atoms with Crippen LogP contribution in [-0.4, -0.2) is 48.5 Å². The Kier molecular flexibility index (Phi) is 5.67. The Morgan fingerprint density at radius 1 is 1.38 bits per heavy atom. The number of carbonyl (C=O) groups is 3. The Bertz CT molecular complexity index is 638. The van der Waals surface area contributed by atoms with Gasteiger partial charge in [-0.1, -0.05) is 12.1 Å². The van der Waals surface area contributed by atoms with E-state index < -0.39 is 24.6 Å². The molecular formula is C15H16F2N2O5. The number of nitrogens with zero attached hydrogens (tertiary/aromatic N) is 1. The number of ether oxygens (including phenoxy) is 2. The largest absolute Gasteiger partial charge is 0.460 e. The minimum Gasteiger partial charge on any atom is -0.460 e. The van der Waals surface area contributed by atoms with E-state index in [-0.39, 0.29) is 37.6 Å². The van der Waals surface area contributed by atoms with E-state index in [4.69, 9.17) is 10.5 Å². The first kappa shape index (κ1) is 17.6. The van der Waals surface area contributed by atoms with Gasteiger partial charge in [-0.3, -0.25) is 14.4 Å². The second-order valence-electron chi connectivity index (χ2n) is 5.26. The molecule has 0 saturated carbocycles. The number of halogens is 2. The monoisotopic (exact) mass is 342 g/mol. The van der Waals surface area contributed by atoms with Crippen LogP contribution in [0.4, 0.5) is 8.78 Å². The van der Waals surface area contributed by atoms with Crippen LogP contribution >= 0.6 is 0 Å². The quantitative estimate of drug-likeness (QED) is 0.726. The van der Waals surface area contributed by atoms with Crippen LogP contribution in [0.3, 0.4) is 0 Å². The standard InChI is InChI=1S/C15H16F2N2O5/c16-15(17)24-10-3-1-2-9(4-10)5-14(22)23-11-6-13(21)19(7-11)8-12(18)20/h1-4,11,15H,5-8H2,(H2,18,20). The molecule has 2 amide bonds. The fraction of sp³-hybridized carbons (Fsp3) is 0.400. The van der Waals surface area contributed by atoms with E-state index in [1.165, 1.54) is 23.1 Å². The zero-order chi connectivity index (χ0) is 17.7. The summed E-state index contributed by atoms with van der Waals surface area (Å²) in [4.78, 5) is 35.6. The minimum absolute atomic E-state index is 0.0203. The van der Waals surface area contributed by atoms with Gasteiger partial charge in [0.1, 0.15) is 11.9 Å². The zero-order valence-corrected chi connectivity index (χ0v) is 12.6. The molecule has 2 N–H and O–H groups in total. The van der Waals surface area contributed by atoms with Gasteiger partial charge in [0.25, 0.3) is 0 Å². The lowest BCUT2D eigenvalue weighted by Crippen LogP contribution is -2.35. The Morgan fingerprint density at radius 2 is 2.12 bits per heavy atom. The van der Waals surface area contributed by atoms with Crippen molar-refractivity contribution in [3.05, 3.63) is 29.8 Å². The van der Waals surface area contributed by atoms with Gasteiger partial charge in [-0.05, 0) is 17.7 Å². The van der Waals surface area contributed by atoms with Gasteiger partial charge < -0.3 is 20.1 Å². The van der Waals surface area contributed by atoms with Crippen molar-refractivity contribution in [1.82, 2.24) is 4.90 Å². The number of primary amides is 1. The summed E-state index contributed by atoms with van der Waals surface area (Å²) in [6.45, 7) is -3.07. The summed E-state index contributed by atoms with van der Waals surface area (Å²) in [5, 5.41) is 0. The van der Waals surface area contributed by atoms with Crippen LogP contribution in [0, 0.1) is 0 Å². The van der Waals surface area contributed by atoms with E-state index in [2.05, 4.69) is 4.74 Å². The molecule has 130 valence electrons. The molecule has 2 rings (SSSR count). The van der Waals surface area contributed by atoms with Gasteiger partial charge in [-0.25, -0.2) is 0 Å². The molecule has 1 fully saturated rings. The molecule has 1 unspecified atom stereocenters. The molecule has 1 aromatic rings. The van der Waals surface area contributed by atoms with Crippen molar-refractivity contribution in [2.45, 2.75) is 25.6 Å². The highest BCUT2D eigenvalue weighted by Gasteiger charge is 2.32. The summed E-state index contributed by atoms with van der Waals surface area (Å²) < 4.78 is 33.8. The predicted octanol–water partition coefficient (Wildman–Crippen LogP) is 0.460. The van der Waals surface area contributed by atoms with Crippen molar-refractivity contribution in [2.24, 2.45) is 5.73 Å². The van der Waals surface area contributed by atoms with E-state index in [9.17, 15) is 23.2 Å². The van der Waals surface area contributed by atoms with E-state index >= 15 is 0 Å². The number of amides is 2. The molecule has 0 aromatic heterocycles. The van der Waals surface area contributed by atoms with E-state index in [0.717, 1.165) is 0 Å². The van der Waals surface area contributed by atoms with Crippen LogP contribution < -0.4 is 10.5 Å². The third kappa shape index (κ3) is 5.18. The van der Waals surface area contributed by atoms with Crippen LogP contribution in [-0.2, 0) is 25.5 Å². The van der Waals surface area contributed by atoms with E-state index in [1.807, 2.05) is 0 Å². The number of hydrogen-bond acceptors (Lipinski definition) is 5. The van der Waals surface area contributed by atoms with E-state index in [0.29, 0.717) is 5.56 Å². The molecule has 0 bridgehead atoms. The number of alkyl halides is 2. The predicted molar refractivity (Wildman–Crippen MR) is 77.0 cm³/mol. The van der Waals surface area contributed by atoms with Gasteiger partial charge in [0.15, 0.2) is 0 Å². The molecule has 1 aliphatic rings. The second kappa shape index (κ2) is 7.71. The molecule has 1 aliphatic heterocycles. The average molecular weight is 342 g/mol. The maximum absolute atomic E-state index is 12.2. The van der Waals surface area contributed by atoms with Gasteiger partial charge in [-0.2, -0.15) is 8.78 Å². The van der Waals surface area contributed by atoms with Gasteiger partial charge in [0.2, 0.25) is 11.8 Å². The lowest BCUT2D eigenvalue weighted by Gasteiger charge is -2.14. The highest BCUT2D eigenvalue weighted by molar-refractivity contribution is 5.86. The fourth-order valence-corrected chi connectivity index (χ4v) is 2.38. The number of nitrogens with two attached hydrogens (primary N) is 1. The topological polar surface area (TPSA) is 98.9 Å². The lowest BCUT2D eigenvalue weighted by atomic mass is 10.1. The number of esters is 1. The number of hydrogen-bond donors (Lipinski definition) is 1. The Balaban J connectivity index is 1.87. The van der Waals surface area contributed by atoms with Crippen molar-refractivity contribution in [3.63, 3.8) is 0 Å². The fourth-order valence-electron chi connectivity index (χ4n) is 2.38. The van der Waals surface area contributed by atoms with Gasteiger partial charge >= 0.3 is 12.6 Å². The maximum Gasteiger partial charge on any atom is 0.387 e. The SMILES string of the molecule is NC(=O)CN1CC(OC(=O)Cc2cccc(OC(F)F)c2)CC1=O. The summed E-state index contributed by atoms with van der Waals surface area (Å²) in [6, 6.07) is 5.71. The van der Waals surface area contributed by atoms with Crippen LogP contribution in [0.5, 0.6) is 5.75 Å². The van der Waals surface area contributed by atoms with Gasteiger partial charge in [-0.15, -0.1) is 0 Å². The first-order valence-corrected chi connectivity index (χ1v) is 7.13. The number of benzene rings is 1. The molecule has 1 heterocycles. The smallest absolute Gasteiger partial charge is 0.387 e. The first-order valence-electron chi connectivity index (χ1n) is 7.13. The second-order valence-corrected chi connectivity index (χ2v) is 5.26. The number of likely N-dealkylation sites (tertiary alicyclic amines) is 1. The average Bonchev–Trinajstić information content (AvgIpc) is 2.77. The van der Waals surface area contributed by atoms with Gasteiger partial charge in [0.05, 0.1) is 25.9 Å². The molecule has 0 aliphatic carbocycles. The lowest BCUT2D eigenvalue weighted by molar-refractivity contribution is -0.147. The molecule has 24 heavy (non-hydrogen) atoms. The van der Waals surface area contributed by atoms with Crippen molar-refractivity contribution < 1.29 is 32.6 Å². The molecule has 1 aromatic carbocycles. The van der Waals surface area contributed by atoms with Crippen molar-refractivity contribution in [1.29, 1.82) is 0 Å². The van der Waals surface area contributed by atoms with Crippen molar-refractivity contribution >= 4 is 17.8 Å². The molecule has 1 atom stereocenters. The zero-order valence-electron chi connectivity index (χ0n) is 12.6. The summed E-state index contributed by atoms with van der Waals surface area (Å²) in [7, 11) is 0. The van der Waals surface area contributed by atoms with Crippen LogP contribution in [0.1, 0.15) is 12.0 Å². The minimum atomic E-state index is -2.95. The van der Waals surface area contributed by atoms with Gasteiger partial charge in [0, 0.05) is 0 Å². The third-order valence-corrected chi connectivity index (χ3v) is 3.30. The summed E-state index contributed by atoms with van der Waals surface area (Å²) in [5.74, 6) is -1.63. The number of carbonyl (C=O) groups excluding carboxylic acids is 3. The van der Waals surface area contributed by atoms with Crippen molar-refractivity contribution in [3.8, 4) is 5.75 Å². The molecule has 0 radical (unpaired) electrons. The van der Waals surface area contributed by atoms with Crippen LogP contribution in [0.25, 0.3) is 0 Å². The summed E-state index contributed by atoms with van der Waals surface area (Å²) in [5.41, 5.74) is 5.47. The Morgan fingerprint density at radius 3 is 2.79 bits per heavy atom. The molecule has 7 nitrogen and oxygen atoms in total. The van der Waals surface area contributed by atoms with Crippen LogP contribution in [0.15, 0.2) is 24.3 Å². The Labute approximate surface area is 136 Å². The van der Waals surface area contributed by atoms with Crippen LogP contribution in [0.2, 0.25) is 0 Å². The van der Waals surface area contributed by atoms with Crippen molar-refractivity contribution in [2.75, 3.05) is 13.1 Å². The highest BCUT2D eigenvalue weighted by Crippen LogP contribution is 2.18. The molecule has 0 spiro atoms. The first-order chi connectivity index (χ1) is 11.3. The maximum atomic E-state index is 12.2.